The molecular formula is C13H20N4O5S. The van der Waals surface area contributed by atoms with E-state index >= 15 is 0 Å². The summed E-state index contributed by atoms with van der Waals surface area (Å²) in [5.74, 6) is 0.719. The van der Waals surface area contributed by atoms with Gasteiger partial charge in [0.1, 0.15) is 4.90 Å². The predicted molar refractivity (Wildman–Crippen MR) is 83.3 cm³/mol. The smallest absolute Gasteiger partial charge is 0.312 e. The van der Waals surface area contributed by atoms with E-state index in [2.05, 4.69) is 10.3 Å². The second-order valence-electron chi connectivity index (χ2n) is 5.79. The lowest BCUT2D eigenvalue weighted by atomic mass is 9.82. The zero-order chi connectivity index (χ0) is 17.0. The normalized spacial score (nSPS) is 21.8. The van der Waals surface area contributed by atoms with Crippen molar-refractivity contribution in [3.63, 3.8) is 0 Å². The number of anilines is 1. The highest BCUT2D eigenvalue weighted by Crippen LogP contribution is 2.30. The van der Waals surface area contributed by atoms with Gasteiger partial charge in [-0.2, -0.15) is 0 Å². The summed E-state index contributed by atoms with van der Waals surface area (Å²) in [5, 5.41) is 28.1. The number of nitrogens with one attached hydrogen (secondary N) is 1. The summed E-state index contributed by atoms with van der Waals surface area (Å²) < 4.78 is 22.5. The van der Waals surface area contributed by atoms with Crippen LogP contribution in [0.5, 0.6) is 0 Å². The molecule has 0 bridgehead atoms. The number of aliphatic hydroxyl groups is 1. The minimum Gasteiger partial charge on any atom is -0.396 e. The number of rotatable bonds is 6. The second-order valence-corrected chi connectivity index (χ2v) is 7.35. The van der Waals surface area contributed by atoms with Crippen LogP contribution in [0.25, 0.3) is 0 Å². The molecule has 0 radical (unpaired) electrons. The van der Waals surface area contributed by atoms with Crippen molar-refractivity contribution in [2.45, 2.75) is 30.6 Å². The van der Waals surface area contributed by atoms with E-state index < -0.39 is 25.5 Å². The van der Waals surface area contributed by atoms with Crippen molar-refractivity contribution in [3.05, 3.63) is 22.4 Å². The number of aliphatic hydroxyl groups excluding tert-OH is 1. The molecule has 0 aliphatic heterocycles. The largest absolute Gasteiger partial charge is 0.396 e. The van der Waals surface area contributed by atoms with E-state index in [1.165, 1.54) is 0 Å². The van der Waals surface area contributed by atoms with Gasteiger partial charge in [-0.15, -0.1) is 0 Å². The molecule has 1 saturated carbocycles. The fraction of sp³-hybridized carbons (Fsp3) is 0.615. The number of nitro groups is 1. The lowest BCUT2D eigenvalue weighted by Crippen LogP contribution is -2.23. The van der Waals surface area contributed by atoms with Gasteiger partial charge in [0.15, 0.2) is 0 Å². The lowest BCUT2D eigenvalue weighted by molar-refractivity contribution is -0.384. The molecule has 1 aromatic rings. The van der Waals surface area contributed by atoms with Gasteiger partial charge in [0, 0.05) is 25.4 Å². The Morgan fingerprint density at radius 3 is 2.48 bits per heavy atom. The minimum atomic E-state index is -4.04. The molecule has 23 heavy (non-hydrogen) atoms. The number of sulfonamides is 1. The van der Waals surface area contributed by atoms with E-state index in [-0.39, 0.29) is 12.4 Å². The van der Waals surface area contributed by atoms with E-state index in [0.717, 1.165) is 37.9 Å². The molecule has 128 valence electrons. The van der Waals surface area contributed by atoms with Crippen LogP contribution in [0.15, 0.2) is 17.2 Å². The van der Waals surface area contributed by atoms with Gasteiger partial charge in [-0.1, -0.05) is 0 Å². The van der Waals surface area contributed by atoms with Crippen molar-refractivity contribution >= 4 is 21.5 Å². The molecule has 4 N–H and O–H groups in total. The lowest BCUT2D eigenvalue weighted by Gasteiger charge is -2.27. The van der Waals surface area contributed by atoms with E-state index in [1.807, 2.05) is 0 Å². The second kappa shape index (κ2) is 7.20. The molecule has 0 spiro atoms. The maximum absolute atomic E-state index is 11.3. The fourth-order valence-corrected chi connectivity index (χ4v) is 3.20. The Morgan fingerprint density at radius 2 is 1.96 bits per heavy atom. The average Bonchev–Trinajstić information content (AvgIpc) is 2.52. The van der Waals surface area contributed by atoms with Crippen molar-refractivity contribution in [1.82, 2.24) is 4.98 Å². The van der Waals surface area contributed by atoms with Gasteiger partial charge in [-0.25, -0.2) is 18.5 Å². The molecule has 0 atom stereocenters. The van der Waals surface area contributed by atoms with Crippen molar-refractivity contribution in [3.8, 4) is 0 Å². The highest BCUT2D eigenvalue weighted by atomic mass is 32.2. The van der Waals surface area contributed by atoms with Crippen LogP contribution >= 0.6 is 0 Å². The number of primary sulfonamides is 1. The van der Waals surface area contributed by atoms with Gasteiger partial charge in [0.05, 0.1) is 4.92 Å². The summed E-state index contributed by atoms with van der Waals surface area (Å²) in [6.45, 7) is 0.711. The van der Waals surface area contributed by atoms with Crippen LogP contribution in [0.2, 0.25) is 0 Å². The van der Waals surface area contributed by atoms with Crippen molar-refractivity contribution < 1.29 is 18.4 Å². The first kappa shape index (κ1) is 17.6. The Hall–Kier alpha value is -1.78. The number of hydrogen-bond donors (Lipinski definition) is 3. The zero-order valence-electron chi connectivity index (χ0n) is 12.5. The maximum atomic E-state index is 11.3. The average molecular weight is 344 g/mol. The molecule has 1 aromatic heterocycles. The predicted octanol–water partition coefficient (Wildman–Crippen LogP) is 0.848. The molecule has 1 heterocycles. The van der Waals surface area contributed by atoms with Crippen molar-refractivity contribution in [2.75, 3.05) is 18.5 Å². The molecule has 1 aliphatic rings. The number of nitrogens with zero attached hydrogens (tertiary/aromatic N) is 2. The first-order valence-corrected chi connectivity index (χ1v) is 8.88. The standard InChI is InChI=1S/C13H20N4O5S/c14-23(21,22)11-5-12(17(19)20)13(16-7-11)15-6-9-1-3-10(8-18)4-2-9/h5,7,9-10,18H,1-4,6,8H2,(H,15,16)(H2,14,21,22). The summed E-state index contributed by atoms with van der Waals surface area (Å²) in [4.78, 5) is 13.8. The van der Waals surface area contributed by atoms with Crippen LogP contribution in [0.1, 0.15) is 25.7 Å². The SMILES string of the molecule is NS(=O)(=O)c1cnc(NCC2CCC(CO)CC2)c([N+](=O)[O-])c1. The van der Waals surface area contributed by atoms with E-state index in [1.54, 1.807) is 0 Å². The quantitative estimate of drug-likeness (QED) is 0.511. The summed E-state index contributed by atoms with van der Waals surface area (Å²) in [6, 6.07) is 0.910. The molecule has 9 nitrogen and oxygen atoms in total. The third kappa shape index (κ3) is 4.60. The highest BCUT2D eigenvalue weighted by Gasteiger charge is 2.23. The fourth-order valence-electron chi connectivity index (χ4n) is 2.72. The van der Waals surface area contributed by atoms with Crippen LogP contribution in [-0.2, 0) is 10.0 Å². The zero-order valence-corrected chi connectivity index (χ0v) is 13.3. The van der Waals surface area contributed by atoms with Crippen molar-refractivity contribution in [1.29, 1.82) is 0 Å². The van der Waals surface area contributed by atoms with Crippen LogP contribution in [0.4, 0.5) is 11.5 Å². The van der Waals surface area contributed by atoms with Gasteiger partial charge in [-0.05, 0) is 37.5 Å². The third-order valence-corrected chi connectivity index (χ3v) is 5.03. The Labute approximate surface area is 134 Å². The highest BCUT2D eigenvalue weighted by molar-refractivity contribution is 7.89. The molecule has 0 aromatic carbocycles. The number of nitrogens with two attached hydrogens (primary N) is 1. The van der Waals surface area contributed by atoms with Gasteiger partial charge < -0.3 is 10.4 Å². The van der Waals surface area contributed by atoms with Crippen LogP contribution in [0, 0.1) is 22.0 Å². The Morgan fingerprint density at radius 1 is 1.35 bits per heavy atom. The van der Waals surface area contributed by atoms with Crippen molar-refractivity contribution in [2.24, 2.45) is 17.0 Å². The van der Waals surface area contributed by atoms with E-state index in [9.17, 15) is 18.5 Å². The molecule has 10 heteroatoms. The first-order chi connectivity index (χ1) is 10.8. The molecule has 1 aliphatic carbocycles. The van der Waals surface area contributed by atoms with Gasteiger partial charge in [0.2, 0.25) is 15.8 Å². The van der Waals surface area contributed by atoms with Gasteiger partial charge in [0.25, 0.3) is 0 Å². The van der Waals surface area contributed by atoms with Gasteiger partial charge >= 0.3 is 5.69 Å². The third-order valence-electron chi connectivity index (χ3n) is 4.15. The van der Waals surface area contributed by atoms with Crippen LogP contribution < -0.4 is 10.5 Å². The molecule has 1 fully saturated rings. The summed E-state index contributed by atoms with van der Waals surface area (Å²) in [5.41, 5.74) is -0.416. The van der Waals surface area contributed by atoms with E-state index in [0.29, 0.717) is 18.4 Å². The molecule has 0 saturated heterocycles. The Balaban J connectivity index is 2.06. The topological polar surface area (TPSA) is 148 Å². The monoisotopic (exact) mass is 344 g/mol. The minimum absolute atomic E-state index is 0.0340. The molecule has 0 amide bonds. The van der Waals surface area contributed by atoms with Crippen LogP contribution in [-0.4, -0.2) is 36.6 Å². The van der Waals surface area contributed by atoms with Gasteiger partial charge in [-0.3, -0.25) is 10.1 Å². The summed E-state index contributed by atoms with van der Waals surface area (Å²) in [7, 11) is -4.04. The van der Waals surface area contributed by atoms with E-state index in [4.69, 9.17) is 10.2 Å². The Bertz CT molecular complexity index is 671. The van der Waals surface area contributed by atoms with Crippen LogP contribution in [0.3, 0.4) is 0 Å². The molecule has 2 rings (SSSR count). The number of hydrogen-bond acceptors (Lipinski definition) is 7. The Kier molecular flexibility index (Phi) is 5.50. The molecule has 0 unspecified atom stereocenters. The summed E-state index contributed by atoms with van der Waals surface area (Å²) in [6.07, 6.45) is 4.74. The number of aromatic nitrogens is 1. The first-order valence-electron chi connectivity index (χ1n) is 7.33. The summed E-state index contributed by atoms with van der Waals surface area (Å²) >= 11 is 0. The maximum Gasteiger partial charge on any atom is 0.312 e. The molecular weight excluding hydrogens is 324 g/mol. The number of pyridine rings is 1.